The van der Waals surface area contributed by atoms with Gasteiger partial charge in [-0.3, -0.25) is 0 Å². The van der Waals surface area contributed by atoms with Crippen molar-refractivity contribution in [3.8, 4) is 0 Å². The summed E-state index contributed by atoms with van der Waals surface area (Å²) in [7, 11) is 3.25. The van der Waals surface area contributed by atoms with E-state index in [0.29, 0.717) is 0 Å². The second-order valence-electron chi connectivity index (χ2n) is 4.97. The van der Waals surface area contributed by atoms with Crippen LogP contribution in [0.3, 0.4) is 0 Å². The number of hydrogen-bond acceptors (Lipinski definition) is 7. The molecule has 0 fully saturated rings. The van der Waals surface area contributed by atoms with E-state index in [9.17, 15) is 9.59 Å². The number of likely N-dealkylation sites (N-methyl/N-ethyl adjacent to an activating group) is 2. The molecular formula is C12H23N3O4S4+2. The van der Waals surface area contributed by atoms with Gasteiger partial charge in [0.2, 0.25) is 13.1 Å². The third-order valence-corrected chi connectivity index (χ3v) is 4.48. The van der Waals surface area contributed by atoms with Crippen LogP contribution in [0.2, 0.25) is 0 Å². The number of quaternary nitrogens is 2. The predicted molar refractivity (Wildman–Crippen MR) is 102 cm³/mol. The average molecular weight is 402 g/mol. The molecule has 0 heterocycles. The lowest BCUT2D eigenvalue weighted by Crippen LogP contribution is -2.73. The van der Waals surface area contributed by atoms with Gasteiger partial charge in [0.15, 0.2) is 0 Å². The van der Waals surface area contributed by atoms with Crippen molar-refractivity contribution in [1.82, 2.24) is 5.53 Å². The van der Waals surface area contributed by atoms with Crippen LogP contribution >= 0.6 is 49.7 Å². The molecule has 2 atom stereocenters. The zero-order valence-corrected chi connectivity index (χ0v) is 17.0. The Hall–Kier alpha value is -0.300. The molecule has 0 aromatic carbocycles. The summed E-state index contributed by atoms with van der Waals surface area (Å²) >= 11 is 18.6. The molecule has 1 N–H and O–H groups in total. The van der Waals surface area contributed by atoms with Gasteiger partial charge in [-0.15, -0.1) is 9.18 Å². The number of nitrogens with zero attached hydrogens (tertiary/aromatic N) is 2. The number of carbonyl (C=O) groups is 2. The van der Waals surface area contributed by atoms with Gasteiger partial charge >= 0.3 is 11.9 Å². The molecule has 0 aromatic rings. The Balaban J connectivity index is 5.39. The molecule has 7 nitrogen and oxygen atoms in total. The summed E-state index contributed by atoms with van der Waals surface area (Å²) in [5.41, 5.74) is 3.02. The molecule has 0 bridgehead atoms. The summed E-state index contributed by atoms with van der Waals surface area (Å²) < 4.78 is 9.70. The normalized spacial score (nSPS) is 15.9. The second kappa shape index (κ2) is 9.87. The molecule has 0 saturated heterocycles. The van der Waals surface area contributed by atoms with Crippen molar-refractivity contribution in [2.75, 3.05) is 40.4 Å². The van der Waals surface area contributed by atoms with Gasteiger partial charge in [0, 0.05) is 5.53 Å². The molecule has 0 aromatic heterocycles. The number of nitrogens with one attached hydrogen (secondary N) is 1. The van der Waals surface area contributed by atoms with Crippen LogP contribution in [0.1, 0.15) is 13.8 Å². The van der Waals surface area contributed by atoms with E-state index in [2.05, 4.69) is 30.8 Å². The highest BCUT2D eigenvalue weighted by atomic mass is 32.1. The minimum atomic E-state index is -0.466. The molecule has 2 unspecified atom stereocenters. The Morgan fingerprint density at radius 2 is 1.22 bits per heavy atom. The largest absolute Gasteiger partial charge is 0.462 e. The monoisotopic (exact) mass is 401 g/mol. The summed E-state index contributed by atoms with van der Waals surface area (Å²) in [6.07, 6.45) is 0. The van der Waals surface area contributed by atoms with E-state index >= 15 is 0 Å². The van der Waals surface area contributed by atoms with Crippen molar-refractivity contribution < 1.29 is 28.2 Å². The van der Waals surface area contributed by atoms with E-state index in [1.54, 1.807) is 27.9 Å². The quantitative estimate of drug-likeness (QED) is 0.183. The van der Waals surface area contributed by atoms with Crippen LogP contribution in [-0.4, -0.2) is 70.2 Å². The van der Waals surface area contributed by atoms with Crippen LogP contribution in [0.25, 0.3) is 0 Å². The van der Waals surface area contributed by atoms with Gasteiger partial charge in [0.25, 0.3) is 8.64 Å². The Labute approximate surface area is 158 Å². The van der Waals surface area contributed by atoms with E-state index in [1.165, 1.54) is 0 Å². The summed E-state index contributed by atoms with van der Waals surface area (Å²) in [5.74, 6) is -0.932. The number of thiol groups is 2. The number of hydrogen-bond donors (Lipinski definition) is 3. The highest BCUT2D eigenvalue weighted by molar-refractivity contribution is 8.10. The Bertz CT molecular complexity index is 449. The molecule has 11 heteroatoms. The first-order valence-electron chi connectivity index (χ1n) is 6.79. The lowest BCUT2D eigenvalue weighted by atomic mass is 10.5. The van der Waals surface area contributed by atoms with Crippen LogP contribution in [0.4, 0.5) is 0 Å². The number of esters is 2. The fourth-order valence-electron chi connectivity index (χ4n) is 1.71. The minimum absolute atomic E-state index is 0.122. The molecule has 0 amide bonds. The summed E-state index contributed by atoms with van der Waals surface area (Å²) in [4.78, 5) is 23.6. The first-order valence-corrected chi connectivity index (χ1v) is 8.50. The lowest BCUT2D eigenvalue weighted by molar-refractivity contribution is -1.06. The van der Waals surface area contributed by atoms with Crippen LogP contribution in [0, 0.1) is 0 Å². The van der Waals surface area contributed by atoms with Crippen molar-refractivity contribution in [1.29, 1.82) is 0 Å². The first kappa shape index (κ1) is 22.7. The van der Waals surface area contributed by atoms with Gasteiger partial charge in [-0.05, 0) is 38.3 Å². The van der Waals surface area contributed by atoms with E-state index in [-0.39, 0.29) is 44.1 Å². The second-order valence-corrected chi connectivity index (χ2v) is 7.20. The fraction of sp³-hybridized carbons (Fsp3) is 0.667. The zero-order chi connectivity index (χ0) is 18.3. The Morgan fingerprint density at radius 1 is 0.913 bits per heavy atom. The number of rotatable bonds is 8. The van der Waals surface area contributed by atoms with Gasteiger partial charge in [-0.1, -0.05) is 25.3 Å². The van der Waals surface area contributed by atoms with E-state index in [1.807, 2.05) is 0 Å². The number of carbonyl (C=O) groups excluding carboxylic acids is 2. The molecular weight excluding hydrogens is 378 g/mol. The smallest absolute Gasteiger partial charge is 0.364 e. The summed E-state index contributed by atoms with van der Waals surface area (Å²) in [6.45, 7) is 3.67. The molecule has 0 aliphatic heterocycles. The topological polar surface area (TPSA) is 64.6 Å². The molecule has 0 aliphatic rings. The third kappa shape index (κ3) is 7.42. The van der Waals surface area contributed by atoms with Gasteiger partial charge in [-0.25, -0.2) is 9.59 Å². The van der Waals surface area contributed by atoms with Crippen molar-refractivity contribution in [3.63, 3.8) is 0 Å². The molecule has 132 valence electrons. The van der Waals surface area contributed by atoms with Crippen LogP contribution in [0.15, 0.2) is 0 Å². The highest BCUT2D eigenvalue weighted by Crippen LogP contribution is 2.13. The minimum Gasteiger partial charge on any atom is -0.462 e. The molecule has 0 aliphatic carbocycles. The SMILES string of the molecule is CCOC(=O)C[N+](C)(N[N+](C)(CC(=O)OCC)C(=S)S)C(=S)S. The third-order valence-electron chi connectivity index (χ3n) is 2.79. The van der Waals surface area contributed by atoms with Gasteiger partial charge in [0.1, 0.15) is 0 Å². The Morgan fingerprint density at radius 3 is 1.43 bits per heavy atom. The van der Waals surface area contributed by atoms with E-state index in [4.69, 9.17) is 33.9 Å². The van der Waals surface area contributed by atoms with E-state index < -0.39 is 11.9 Å². The molecule has 0 saturated carbocycles. The maximum atomic E-state index is 11.8. The van der Waals surface area contributed by atoms with Crippen LogP contribution in [-0.2, 0) is 19.1 Å². The van der Waals surface area contributed by atoms with E-state index in [0.717, 1.165) is 0 Å². The van der Waals surface area contributed by atoms with Crippen LogP contribution < -0.4 is 5.53 Å². The number of thiocarbonyl (C=S) groups is 2. The zero-order valence-electron chi connectivity index (χ0n) is 13.6. The molecule has 0 spiro atoms. The molecule has 0 rings (SSSR count). The lowest BCUT2D eigenvalue weighted by Gasteiger charge is -2.38. The van der Waals surface area contributed by atoms with Crippen molar-refractivity contribution in [2.45, 2.75) is 13.8 Å². The van der Waals surface area contributed by atoms with Gasteiger partial charge < -0.3 is 9.47 Å². The summed E-state index contributed by atoms with van der Waals surface area (Å²) in [5, 5.41) is 0. The van der Waals surface area contributed by atoms with Gasteiger partial charge in [-0.2, -0.15) is 0 Å². The fourth-order valence-corrected chi connectivity index (χ4v) is 2.15. The van der Waals surface area contributed by atoms with Crippen LogP contribution in [0.5, 0.6) is 0 Å². The average Bonchev–Trinajstić information content (AvgIpc) is 2.37. The van der Waals surface area contributed by atoms with Crippen molar-refractivity contribution in [3.05, 3.63) is 0 Å². The first-order chi connectivity index (χ1) is 10.5. The Kier molecular flexibility index (Phi) is 9.74. The van der Waals surface area contributed by atoms with Crippen molar-refractivity contribution in [2.24, 2.45) is 0 Å². The number of ether oxygens (including phenoxy) is 2. The summed E-state index contributed by atoms with van der Waals surface area (Å²) in [6, 6.07) is 0. The predicted octanol–water partition coefficient (Wildman–Crippen LogP) is 0.855. The molecule has 0 radical (unpaired) electrons. The maximum Gasteiger partial charge on any atom is 0.364 e. The molecule has 23 heavy (non-hydrogen) atoms. The standard InChI is InChI=1S/C12H21N3O4S4/c1-5-18-9(16)7-14(3,11(20)21)13-15(4,12(22)23)8-10(17)19-6-2/h13H,5-8H2,1-4H3/p+2. The maximum absolute atomic E-state index is 11.8. The van der Waals surface area contributed by atoms with Gasteiger partial charge in [0.05, 0.1) is 27.3 Å². The van der Waals surface area contributed by atoms with Crippen molar-refractivity contribution >= 4 is 70.3 Å². The highest BCUT2D eigenvalue weighted by Gasteiger charge is 2.43.